The summed E-state index contributed by atoms with van der Waals surface area (Å²) in [6.07, 6.45) is 3.37. The van der Waals surface area contributed by atoms with Gasteiger partial charge in [0.05, 0.1) is 18.4 Å². The van der Waals surface area contributed by atoms with Crippen LogP contribution in [0, 0.1) is 0 Å². The summed E-state index contributed by atoms with van der Waals surface area (Å²) in [5.41, 5.74) is 2.83. The highest BCUT2D eigenvalue weighted by Gasteiger charge is 2.20. The van der Waals surface area contributed by atoms with Crippen molar-refractivity contribution in [2.45, 2.75) is 0 Å². The van der Waals surface area contributed by atoms with Crippen molar-refractivity contribution in [3.8, 4) is 5.75 Å². The molecular formula is C22H16N2O3. The molecule has 0 saturated carbocycles. The van der Waals surface area contributed by atoms with E-state index in [0.717, 1.165) is 0 Å². The van der Waals surface area contributed by atoms with Gasteiger partial charge in [-0.05, 0) is 54.6 Å². The van der Waals surface area contributed by atoms with Gasteiger partial charge in [-0.3, -0.25) is 9.78 Å². The highest BCUT2D eigenvalue weighted by Crippen LogP contribution is 2.26. The molecule has 0 N–H and O–H groups in total. The average Bonchev–Trinajstić information content (AvgIpc) is 3.16. The van der Waals surface area contributed by atoms with E-state index in [1.54, 1.807) is 43.6 Å². The molecular weight excluding hydrogens is 340 g/mol. The van der Waals surface area contributed by atoms with E-state index in [1.165, 1.54) is 0 Å². The highest BCUT2D eigenvalue weighted by molar-refractivity contribution is 6.31. The second-order valence-corrected chi connectivity index (χ2v) is 5.86. The van der Waals surface area contributed by atoms with Crippen molar-refractivity contribution in [1.82, 2.24) is 9.97 Å². The molecule has 5 nitrogen and oxygen atoms in total. The van der Waals surface area contributed by atoms with Gasteiger partial charge in [0.1, 0.15) is 11.3 Å². The number of hydrogen-bond acceptors (Lipinski definition) is 5. The number of ketones is 1. The maximum Gasteiger partial charge on any atom is 0.231 e. The van der Waals surface area contributed by atoms with Gasteiger partial charge in [-0.15, -0.1) is 0 Å². The van der Waals surface area contributed by atoms with Gasteiger partial charge in [0.25, 0.3) is 0 Å². The van der Waals surface area contributed by atoms with Gasteiger partial charge >= 0.3 is 0 Å². The van der Waals surface area contributed by atoms with E-state index in [2.05, 4.69) is 9.97 Å². The Morgan fingerprint density at radius 3 is 2.48 bits per heavy atom. The second kappa shape index (κ2) is 7.25. The van der Waals surface area contributed by atoms with Gasteiger partial charge in [0, 0.05) is 11.8 Å². The first-order chi connectivity index (χ1) is 13.2. The van der Waals surface area contributed by atoms with Gasteiger partial charge in [0.15, 0.2) is 11.4 Å². The Morgan fingerprint density at radius 2 is 1.78 bits per heavy atom. The van der Waals surface area contributed by atoms with Crippen LogP contribution in [0.15, 0.2) is 77.3 Å². The third-order valence-electron chi connectivity index (χ3n) is 4.10. The lowest BCUT2D eigenvalue weighted by atomic mass is 10.0. The predicted octanol–water partition coefficient (Wildman–Crippen LogP) is 4.65. The fraction of sp³-hybridized carbons (Fsp3) is 0.0455. The van der Waals surface area contributed by atoms with E-state index in [-0.39, 0.29) is 11.7 Å². The van der Waals surface area contributed by atoms with E-state index >= 15 is 0 Å². The van der Waals surface area contributed by atoms with Crippen molar-refractivity contribution < 1.29 is 13.9 Å². The highest BCUT2D eigenvalue weighted by atomic mass is 16.5. The van der Waals surface area contributed by atoms with Crippen molar-refractivity contribution in [1.29, 1.82) is 0 Å². The number of carbonyl (C=O) groups is 1. The van der Waals surface area contributed by atoms with Crippen molar-refractivity contribution in [3.63, 3.8) is 0 Å². The molecule has 2 aromatic carbocycles. The molecule has 4 rings (SSSR count). The summed E-state index contributed by atoms with van der Waals surface area (Å²) in [5.74, 6) is 0.751. The number of ether oxygens (including phenoxy) is 1. The number of carbonyl (C=O) groups excluding carboxylic acids is 1. The monoisotopic (exact) mass is 356 g/mol. The first-order valence-electron chi connectivity index (χ1n) is 8.42. The molecule has 0 bridgehead atoms. The number of pyridine rings is 1. The smallest absolute Gasteiger partial charge is 0.231 e. The topological polar surface area (TPSA) is 65.2 Å². The van der Waals surface area contributed by atoms with E-state index in [0.29, 0.717) is 33.7 Å². The Hall–Kier alpha value is -3.73. The molecule has 27 heavy (non-hydrogen) atoms. The fourth-order valence-corrected chi connectivity index (χ4v) is 2.72. The number of hydrogen-bond donors (Lipinski definition) is 0. The quantitative estimate of drug-likeness (QED) is 0.384. The Morgan fingerprint density at radius 1 is 1.00 bits per heavy atom. The first-order valence-corrected chi connectivity index (χ1v) is 8.42. The zero-order valence-corrected chi connectivity index (χ0v) is 14.6. The zero-order chi connectivity index (χ0) is 18.6. The minimum Gasteiger partial charge on any atom is -0.497 e. The molecule has 132 valence electrons. The SMILES string of the molecule is COc1ccc(C(=O)C(=Cc2ccccn2)c2nc3ccccc3o2)cc1. The van der Waals surface area contributed by atoms with Gasteiger partial charge in [-0.1, -0.05) is 18.2 Å². The van der Waals surface area contributed by atoms with Gasteiger partial charge in [-0.25, -0.2) is 4.98 Å². The van der Waals surface area contributed by atoms with E-state index in [1.807, 2.05) is 42.5 Å². The molecule has 4 aromatic rings. The summed E-state index contributed by atoms with van der Waals surface area (Å²) in [7, 11) is 1.58. The van der Waals surface area contributed by atoms with Crippen LogP contribution in [0.2, 0.25) is 0 Å². The molecule has 0 aliphatic carbocycles. The minimum absolute atomic E-state index is 0.199. The molecule has 2 heterocycles. The van der Waals surface area contributed by atoms with E-state index in [4.69, 9.17) is 9.15 Å². The average molecular weight is 356 g/mol. The third kappa shape index (κ3) is 3.48. The maximum absolute atomic E-state index is 13.2. The lowest BCUT2D eigenvalue weighted by molar-refractivity contribution is 0.105. The van der Waals surface area contributed by atoms with Gasteiger partial charge in [-0.2, -0.15) is 0 Å². The van der Waals surface area contributed by atoms with Crippen LogP contribution in [0.3, 0.4) is 0 Å². The number of aromatic nitrogens is 2. The van der Waals surface area contributed by atoms with Gasteiger partial charge in [0.2, 0.25) is 5.89 Å². The standard InChI is InChI=1S/C22H16N2O3/c1-26-17-11-9-15(10-12-17)21(25)18(14-16-6-4-5-13-23-16)22-24-19-7-2-3-8-20(19)27-22/h2-14H,1H3. The van der Waals surface area contributed by atoms with E-state index < -0.39 is 0 Å². The van der Waals surface area contributed by atoms with Crippen molar-refractivity contribution in [3.05, 3.63) is 90.1 Å². The van der Waals surface area contributed by atoms with E-state index in [9.17, 15) is 4.79 Å². The number of nitrogens with zero attached hydrogens (tertiary/aromatic N) is 2. The maximum atomic E-state index is 13.2. The van der Waals surface area contributed by atoms with Crippen molar-refractivity contribution in [2.24, 2.45) is 0 Å². The number of benzene rings is 2. The lowest BCUT2D eigenvalue weighted by Crippen LogP contribution is -2.03. The predicted molar refractivity (Wildman–Crippen MR) is 103 cm³/mol. The largest absolute Gasteiger partial charge is 0.497 e. The summed E-state index contributed by atoms with van der Waals surface area (Å²) in [5, 5.41) is 0. The number of methoxy groups -OCH3 is 1. The number of rotatable bonds is 5. The molecule has 0 radical (unpaired) electrons. The molecule has 0 atom stereocenters. The molecule has 0 spiro atoms. The van der Waals surface area contributed by atoms with Crippen LogP contribution < -0.4 is 4.74 Å². The Kier molecular flexibility index (Phi) is 4.49. The number of oxazole rings is 1. The Bertz CT molecular complexity index is 1080. The third-order valence-corrected chi connectivity index (χ3v) is 4.10. The number of allylic oxidation sites excluding steroid dienone is 1. The normalized spacial score (nSPS) is 11.5. The summed E-state index contributed by atoms with van der Waals surface area (Å²) in [6.45, 7) is 0. The van der Waals surface area contributed by atoms with Crippen LogP contribution in [0.25, 0.3) is 22.7 Å². The van der Waals surface area contributed by atoms with Crippen LogP contribution in [0.4, 0.5) is 0 Å². The molecule has 0 amide bonds. The zero-order valence-electron chi connectivity index (χ0n) is 14.6. The molecule has 2 aromatic heterocycles. The summed E-state index contributed by atoms with van der Waals surface area (Å²) in [6, 6.07) is 19.8. The van der Waals surface area contributed by atoms with Crippen molar-refractivity contribution in [2.75, 3.05) is 7.11 Å². The lowest BCUT2D eigenvalue weighted by Gasteiger charge is -2.05. The number of Topliss-reactive ketones (excluding diaryl/α,β-unsaturated/α-hetero) is 1. The molecule has 0 unspecified atom stereocenters. The summed E-state index contributed by atoms with van der Waals surface area (Å²) >= 11 is 0. The molecule has 0 fully saturated rings. The van der Waals surface area contributed by atoms with Crippen LogP contribution >= 0.6 is 0 Å². The minimum atomic E-state index is -0.199. The molecule has 0 aliphatic rings. The van der Waals surface area contributed by atoms with Crippen LogP contribution in [0.5, 0.6) is 5.75 Å². The second-order valence-electron chi connectivity index (χ2n) is 5.86. The van der Waals surface area contributed by atoms with Crippen LogP contribution in [-0.2, 0) is 0 Å². The number of fused-ring (bicyclic) bond motifs is 1. The molecule has 5 heteroatoms. The molecule has 0 aliphatic heterocycles. The first kappa shape index (κ1) is 16.7. The Labute approximate surface area is 156 Å². The molecule has 0 saturated heterocycles. The van der Waals surface area contributed by atoms with Crippen molar-refractivity contribution >= 4 is 28.5 Å². The summed E-state index contributed by atoms with van der Waals surface area (Å²) < 4.78 is 11.0. The van der Waals surface area contributed by atoms with Gasteiger partial charge < -0.3 is 9.15 Å². The van der Waals surface area contributed by atoms with Crippen LogP contribution in [0.1, 0.15) is 21.9 Å². The van der Waals surface area contributed by atoms with Crippen LogP contribution in [-0.4, -0.2) is 22.9 Å². The fourth-order valence-electron chi connectivity index (χ4n) is 2.72. The summed E-state index contributed by atoms with van der Waals surface area (Å²) in [4.78, 5) is 22.0. The number of para-hydroxylation sites is 2. The Balaban J connectivity index is 1.82.